The van der Waals surface area contributed by atoms with Gasteiger partial charge in [-0.1, -0.05) is 12.1 Å². The lowest BCUT2D eigenvalue weighted by Gasteiger charge is -2.34. The van der Waals surface area contributed by atoms with Crippen LogP contribution in [-0.4, -0.2) is 65.8 Å². The smallest absolute Gasteiger partial charge is 0.258 e. The van der Waals surface area contributed by atoms with E-state index in [4.69, 9.17) is 4.74 Å². The van der Waals surface area contributed by atoms with Crippen molar-refractivity contribution >= 4 is 17.7 Å². The van der Waals surface area contributed by atoms with Crippen LogP contribution in [0.5, 0.6) is 5.75 Å². The van der Waals surface area contributed by atoms with Crippen LogP contribution in [0, 0.1) is 26.7 Å². The summed E-state index contributed by atoms with van der Waals surface area (Å²) in [4.78, 5) is 41.0. The van der Waals surface area contributed by atoms with Crippen molar-refractivity contribution in [3.05, 3.63) is 28.8 Å². The number of hydrogen-bond acceptors (Lipinski definition) is 4. The molecule has 1 aromatic carbocycles. The number of aryl methyl sites for hydroxylation is 2. The summed E-state index contributed by atoms with van der Waals surface area (Å²) in [6, 6.07) is 4.22. The minimum absolute atomic E-state index is 0.0144. The molecule has 2 aliphatic rings. The summed E-state index contributed by atoms with van der Waals surface area (Å²) in [6.07, 6.45) is 1.74. The fraction of sp³-hybridized carbons (Fsp3) is 0.625. The molecule has 2 fully saturated rings. The highest BCUT2D eigenvalue weighted by molar-refractivity contribution is 5.89. The fourth-order valence-electron chi connectivity index (χ4n) is 4.45. The molecular formula is C24H35N3O4. The summed E-state index contributed by atoms with van der Waals surface area (Å²) >= 11 is 0. The van der Waals surface area contributed by atoms with E-state index >= 15 is 0 Å². The van der Waals surface area contributed by atoms with E-state index in [1.807, 2.05) is 45.6 Å². The van der Waals surface area contributed by atoms with Gasteiger partial charge in [-0.25, -0.2) is 0 Å². The Labute approximate surface area is 185 Å². The zero-order valence-electron chi connectivity index (χ0n) is 19.4. The molecule has 7 nitrogen and oxygen atoms in total. The van der Waals surface area contributed by atoms with Crippen LogP contribution in [0.2, 0.25) is 0 Å². The van der Waals surface area contributed by atoms with Crippen molar-refractivity contribution in [2.75, 3.05) is 26.2 Å². The van der Waals surface area contributed by atoms with E-state index in [-0.39, 0.29) is 42.3 Å². The molecule has 1 N–H and O–H groups in total. The first-order valence-electron chi connectivity index (χ1n) is 11.2. The number of piperidine rings is 1. The van der Waals surface area contributed by atoms with E-state index in [1.54, 1.807) is 4.90 Å². The molecule has 0 radical (unpaired) electrons. The van der Waals surface area contributed by atoms with Gasteiger partial charge in [-0.3, -0.25) is 14.4 Å². The molecule has 7 heteroatoms. The standard InChI is InChI=1S/C24H35N3O4/c1-15(2)27-13-19(12-22(27)29)24(30)26-10-8-20(9-11-26)25-21(28)14-31-23-17(4)7-6-16(3)18(23)5/h6-7,15,19-20H,8-14H2,1-5H3,(H,25,28). The molecule has 2 heterocycles. The monoisotopic (exact) mass is 429 g/mol. The molecular weight excluding hydrogens is 394 g/mol. The molecule has 0 bridgehead atoms. The first-order valence-corrected chi connectivity index (χ1v) is 11.2. The lowest BCUT2D eigenvalue weighted by atomic mass is 10.0. The first kappa shape index (κ1) is 23.1. The van der Waals surface area contributed by atoms with Gasteiger partial charge in [0.15, 0.2) is 6.61 Å². The van der Waals surface area contributed by atoms with Crippen LogP contribution in [0.3, 0.4) is 0 Å². The van der Waals surface area contributed by atoms with Crippen molar-refractivity contribution in [2.45, 2.75) is 66.0 Å². The van der Waals surface area contributed by atoms with Gasteiger partial charge in [0, 0.05) is 38.1 Å². The first-order chi connectivity index (χ1) is 14.7. The normalized spacial score (nSPS) is 19.8. The largest absolute Gasteiger partial charge is 0.483 e. The van der Waals surface area contributed by atoms with E-state index in [0.717, 1.165) is 22.4 Å². The van der Waals surface area contributed by atoms with Crippen LogP contribution in [0.4, 0.5) is 0 Å². The Balaban J connectivity index is 1.44. The number of ether oxygens (including phenoxy) is 1. The van der Waals surface area contributed by atoms with Crippen molar-refractivity contribution in [3.8, 4) is 5.75 Å². The molecule has 1 atom stereocenters. The maximum Gasteiger partial charge on any atom is 0.258 e. The number of rotatable bonds is 6. The van der Waals surface area contributed by atoms with Crippen LogP contribution < -0.4 is 10.1 Å². The second kappa shape index (κ2) is 9.71. The number of benzene rings is 1. The number of likely N-dealkylation sites (tertiary alicyclic amines) is 2. The van der Waals surface area contributed by atoms with Gasteiger partial charge >= 0.3 is 0 Å². The molecule has 2 saturated heterocycles. The van der Waals surface area contributed by atoms with Crippen LogP contribution in [0.1, 0.15) is 49.8 Å². The summed E-state index contributed by atoms with van der Waals surface area (Å²) in [7, 11) is 0. The minimum Gasteiger partial charge on any atom is -0.483 e. The van der Waals surface area contributed by atoms with E-state index < -0.39 is 0 Å². The second-order valence-corrected chi connectivity index (χ2v) is 9.15. The number of amides is 3. The summed E-state index contributed by atoms with van der Waals surface area (Å²) in [6.45, 7) is 11.7. The lowest BCUT2D eigenvalue weighted by molar-refractivity contribution is -0.137. The van der Waals surface area contributed by atoms with E-state index in [1.165, 1.54) is 0 Å². The van der Waals surface area contributed by atoms with Crippen LogP contribution in [-0.2, 0) is 14.4 Å². The SMILES string of the molecule is Cc1ccc(C)c(OCC(=O)NC2CCN(C(=O)C3CC(=O)N(C(C)C)C3)CC2)c1C. The van der Waals surface area contributed by atoms with Gasteiger partial charge < -0.3 is 19.9 Å². The van der Waals surface area contributed by atoms with Crippen molar-refractivity contribution in [1.82, 2.24) is 15.1 Å². The molecule has 0 aromatic heterocycles. The van der Waals surface area contributed by atoms with Gasteiger partial charge in [-0.05, 0) is 64.2 Å². The Morgan fingerprint density at radius 2 is 1.77 bits per heavy atom. The number of nitrogens with one attached hydrogen (secondary N) is 1. The second-order valence-electron chi connectivity index (χ2n) is 9.15. The third kappa shape index (κ3) is 5.38. The summed E-state index contributed by atoms with van der Waals surface area (Å²) < 4.78 is 5.80. The molecule has 0 spiro atoms. The van der Waals surface area contributed by atoms with Crippen LogP contribution in [0.15, 0.2) is 12.1 Å². The molecule has 2 aliphatic heterocycles. The topological polar surface area (TPSA) is 79.0 Å². The highest BCUT2D eigenvalue weighted by Gasteiger charge is 2.38. The molecule has 3 amide bonds. The molecule has 0 aliphatic carbocycles. The average Bonchev–Trinajstić information content (AvgIpc) is 3.13. The van der Waals surface area contributed by atoms with Gasteiger partial charge in [0.05, 0.1) is 5.92 Å². The molecule has 0 saturated carbocycles. The maximum absolute atomic E-state index is 12.8. The van der Waals surface area contributed by atoms with Gasteiger partial charge in [0.2, 0.25) is 11.8 Å². The molecule has 170 valence electrons. The third-order valence-corrected chi connectivity index (χ3v) is 6.52. The summed E-state index contributed by atoms with van der Waals surface area (Å²) in [5.41, 5.74) is 3.21. The van der Waals surface area contributed by atoms with Crippen molar-refractivity contribution < 1.29 is 19.1 Å². The van der Waals surface area contributed by atoms with Gasteiger partial charge in [-0.15, -0.1) is 0 Å². The Kier molecular flexibility index (Phi) is 7.23. The van der Waals surface area contributed by atoms with Crippen LogP contribution >= 0.6 is 0 Å². The predicted octanol–water partition coefficient (Wildman–Crippen LogP) is 2.35. The summed E-state index contributed by atoms with van der Waals surface area (Å²) in [5.74, 6) is 0.524. The molecule has 31 heavy (non-hydrogen) atoms. The van der Waals surface area contributed by atoms with Crippen molar-refractivity contribution in [3.63, 3.8) is 0 Å². The Bertz CT molecular complexity index is 843. The third-order valence-electron chi connectivity index (χ3n) is 6.52. The quantitative estimate of drug-likeness (QED) is 0.753. The van der Waals surface area contributed by atoms with Gasteiger partial charge in [-0.2, -0.15) is 0 Å². The van der Waals surface area contributed by atoms with Crippen LogP contribution in [0.25, 0.3) is 0 Å². The van der Waals surface area contributed by atoms with E-state index in [0.29, 0.717) is 38.9 Å². The van der Waals surface area contributed by atoms with Crippen molar-refractivity contribution in [2.24, 2.45) is 5.92 Å². The molecule has 3 rings (SSSR count). The lowest BCUT2D eigenvalue weighted by Crippen LogP contribution is -2.49. The highest BCUT2D eigenvalue weighted by Crippen LogP contribution is 2.26. The Hall–Kier alpha value is -2.57. The molecule has 1 unspecified atom stereocenters. The van der Waals surface area contributed by atoms with Gasteiger partial charge in [0.1, 0.15) is 5.75 Å². The van der Waals surface area contributed by atoms with E-state index in [2.05, 4.69) is 11.4 Å². The van der Waals surface area contributed by atoms with Crippen molar-refractivity contribution in [1.29, 1.82) is 0 Å². The Morgan fingerprint density at radius 1 is 1.13 bits per heavy atom. The number of nitrogens with zero attached hydrogens (tertiary/aromatic N) is 2. The number of carbonyl (C=O) groups excluding carboxylic acids is 3. The molecule has 1 aromatic rings. The fourth-order valence-corrected chi connectivity index (χ4v) is 4.45. The predicted molar refractivity (Wildman–Crippen MR) is 119 cm³/mol. The Morgan fingerprint density at radius 3 is 2.39 bits per heavy atom. The maximum atomic E-state index is 12.8. The zero-order chi connectivity index (χ0) is 22.7. The average molecular weight is 430 g/mol. The van der Waals surface area contributed by atoms with Gasteiger partial charge in [0.25, 0.3) is 5.91 Å². The number of carbonyl (C=O) groups is 3. The zero-order valence-corrected chi connectivity index (χ0v) is 19.4. The van der Waals surface area contributed by atoms with E-state index in [9.17, 15) is 14.4 Å². The number of hydrogen-bond donors (Lipinski definition) is 1. The minimum atomic E-state index is -0.241. The summed E-state index contributed by atoms with van der Waals surface area (Å²) in [5, 5.41) is 3.04. The highest BCUT2D eigenvalue weighted by atomic mass is 16.5.